The number of carbonyl (C=O) groups excluding carboxylic acids is 1. The fourth-order valence-electron chi connectivity index (χ4n) is 3.00. The van der Waals surface area contributed by atoms with E-state index in [1.165, 1.54) is 5.56 Å². The zero-order valence-electron chi connectivity index (χ0n) is 12.6. The molecule has 1 fully saturated rings. The number of nitrogens with one attached hydrogen (secondary N) is 1. The molecular formula is C17H26N2O. The second-order valence-electron chi connectivity index (χ2n) is 5.89. The Balaban J connectivity index is 1.77. The van der Waals surface area contributed by atoms with Gasteiger partial charge < -0.3 is 5.32 Å². The molecule has 0 aromatic heterocycles. The topological polar surface area (TPSA) is 32.3 Å². The number of hydrogen-bond acceptors (Lipinski definition) is 2. The van der Waals surface area contributed by atoms with Gasteiger partial charge >= 0.3 is 0 Å². The van der Waals surface area contributed by atoms with Crippen molar-refractivity contribution < 1.29 is 4.79 Å². The Morgan fingerprint density at radius 2 is 2.15 bits per heavy atom. The molecular weight excluding hydrogens is 248 g/mol. The Bertz CT molecular complexity index is 418. The van der Waals surface area contributed by atoms with Crippen LogP contribution in [0.3, 0.4) is 0 Å². The molecule has 1 N–H and O–H groups in total. The van der Waals surface area contributed by atoms with Gasteiger partial charge in [0.25, 0.3) is 0 Å². The molecule has 1 amide bonds. The lowest BCUT2D eigenvalue weighted by atomic mass is 9.99. The predicted octanol–water partition coefficient (Wildman–Crippen LogP) is 2.78. The predicted molar refractivity (Wildman–Crippen MR) is 82.8 cm³/mol. The summed E-state index contributed by atoms with van der Waals surface area (Å²) in [5, 5.41) is 3.08. The van der Waals surface area contributed by atoms with E-state index in [9.17, 15) is 4.79 Å². The maximum absolute atomic E-state index is 12.0. The average Bonchev–Trinajstić information content (AvgIpc) is 2.88. The maximum atomic E-state index is 12.0. The Morgan fingerprint density at radius 1 is 1.40 bits per heavy atom. The molecule has 0 bridgehead atoms. The van der Waals surface area contributed by atoms with Gasteiger partial charge in [-0.1, -0.05) is 43.7 Å². The van der Waals surface area contributed by atoms with Gasteiger partial charge in [-0.2, -0.15) is 0 Å². The van der Waals surface area contributed by atoms with Crippen molar-refractivity contribution in [3.63, 3.8) is 0 Å². The maximum Gasteiger partial charge on any atom is 0.234 e. The summed E-state index contributed by atoms with van der Waals surface area (Å²) in [7, 11) is 0. The number of benzene rings is 1. The largest absolute Gasteiger partial charge is 0.353 e. The summed E-state index contributed by atoms with van der Waals surface area (Å²) in [6.07, 6.45) is 3.32. The van der Waals surface area contributed by atoms with Crippen LogP contribution < -0.4 is 5.32 Å². The Hall–Kier alpha value is -1.35. The number of nitrogens with zero attached hydrogens (tertiary/aromatic N) is 1. The van der Waals surface area contributed by atoms with Gasteiger partial charge in [-0.3, -0.25) is 9.69 Å². The van der Waals surface area contributed by atoms with Crippen LogP contribution in [0.5, 0.6) is 0 Å². The lowest BCUT2D eigenvalue weighted by Crippen LogP contribution is -2.40. The third-order valence-electron chi connectivity index (χ3n) is 4.04. The van der Waals surface area contributed by atoms with Crippen LogP contribution in [0.2, 0.25) is 0 Å². The number of hydrogen-bond donors (Lipinski definition) is 1. The van der Waals surface area contributed by atoms with Crippen molar-refractivity contribution in [2.45, 2.75) is 45.1 Å². The minimum atomic E-state index is 0.166. The highest BCUT2D eigenvalue weighted by molar-refractivity contribution is 5.78. The van der Waals surface area contributed by atoms with E-state index >= 15 is 0 Å². The van der Waals surface area contributed by atoms with Crippen molar-refractivity contribution in [3.05, 3.63) is 35.9 Å². The van der Waals surface area contributed by atoms with Crippen LogP contribution in [0.4, 0.5) is 0 Å². The van der Waals surface area contributed by atoms with E-state index < -0.39 is 0 Å². The molecule has 0 aliphatic carbocycles. The molecule has 0 radical (unpaired) electrons. The fraction of sp³-hybridized carbons (Fsp3) is 0.588. The van der Waals surface area contributed by atoms with Crippen LogP contribution in [-0.4, -0.2) is 36.5 Å². The summed E-state index contributed by atoms with van der Waals surface area (Å²) < 4.78 is 0. The highest BCUT2D eigenvalue weighted by atomic mass is 16.2. The molecule has 2 rings (SSSR count). The quantitative estimate of drug-likeness (QED) is 0.865. The molecule has 2 atom stereocenters. The molecule has 20 heavy (non-hydrogen) atoms. The van der Waals surface area contributed by atoms with Crippen molar-refractivity contribution in [1.29, 1.82) is 0 Å². The monoisotopic (exact) mass is 274 g/mol. The second kappa shape index (κ2) is 7.44. The molecule has 1 aliphatic rings. The summed E-state index contributed by atoms with van der Waals surface area (Å²) in [5.74, 6) is 0.747. The highest BCUT2D eigenvalue weighted by Gasteiger charge is 2.25. The number of rotatable bonds is 6. The molecule has 3 nitrogen and oxygen atoms in total. The molecule has 0 unspecified atom stereocenters. The van der Waals surface area contributed by atoms with E-state index in [1.807, 2.05) is 0 Å². The molecule has 1 saturated heterocycles. The first kappa shape index (κ1) is 15.0. The summed E-state index contributed by atoms with van der Waals surface area (Å²) in [5.41, 5.74) is 1.40. The number of likely N-dealkylation sites (tertiary alicyclic amines) is 1. The smallest absolute Gasteiger partial charge is 0.234 e. The van der Waals surface area contributed by atoms with Crippen molar-refractivity contribution in [2.24, 2.45) is 0 Å². The standard InChI is InChI=1S/C17H26N2O/c1-3-7-14(2)18-17(20)13-19-11-10-16(12-19)15-8-5-4-6-9-15/h4-6,8-9,14,16H,3,7,10-13H2,1-2H3,(H,18,20)/t14-,16+/m1/s1. The van der Waals surface area contributed by atoms with Gasteiger partial charge in [0.15, 0.2) is 0 Å². The van der Waals surface area contributed by atoms with Gasteiger partial charge in [-0.25, -0.2) is 0 Å². The third-order valence-corrected chi connectivity index (χ3v) is 4.04. The summed E-state index contributed by atoms with van der Waals surface area (Å²) >= 11 is 0. The van der Waals surface area contributed by atoms with E-state index in [2.05, 4.69) is 54.4 Å². The van der Waals surface area contributed by atoms with Gasteiger partial charge in [-0.05, 0) is 37.8 Å². The van der Waals surface area contributed by atoms with E-state index in [0.717, 1.165) is 32.4 Å². The number of carbonyl (C=O) groups is 1. The van der Waals surface area contributed by atoms with Gasteiger partial charge in [0.1, 0.15) is 0 Å². The van der Waals surface area contributed by atoms with Gasteiger partial charge in [0.05, 0.1) is 6.54 Å². The Morgan fingerprint density at radius 3 is 2.85 bits per heavy atom. The van der Waals surface area contributed by atoms with E-state index in [-0.39, 0.29) is 5.91 Å². The number of amides is 1. The molecule has 1 aromatic carbocycles. The highest BCUT2D eigenvalue weighted by Crippen LogP contribution is 2.26. The van der Waals surface area contributed by atoms with Crippen molar-refractivity contribution in [1.82, 2.24) is 10.2 Å². The molecule has 110 valence electrons. The molecule has 3 heteroatoms. The van der Waals surface area contributed by atoms with Gasteiger partial charge in [-0.15, -0.1) is 0 Å². The van der Waals surface area contributed by atoms with Crippen molar-refractivity contribution in [2.75, 3.05) is 19.6 Å². The SMILES string of the molecule is CCC[C@@H](C)NC(=O)CN1CC[C@H](c2ccccc2)C1. The van der Waals surface area contributed by atoms with Crippen LogP contribution >= 0.6 is 0 Å². The first-order valence-electron chi connectivity index (χ1n) is 7.75. The lowest BCUT2D eigenvalue weighted by Gasteiger charge is -2.18. The lowest BCUT2D eigenvalue weighted by molar-refractivity contribution is -0.122. The van der Waals surface area contributed by atoms with Crippen LogP contribution in [-0.2, 0) is 4.79 Å². The fourth-order valence-corrected chi connectivity index (χ4v) is 3.00. The Labute approximate surface area is 122 Å². The summed E-state index contributed by atoms with van der Waals surface area (Å²) in [6, 6.07) is 10.9. The molecule has 1 heterocycles. The van der Waals surface area contributed by atoms with Crippen LogP contribution in [0.25, 0.3) is 0 Å². The zero-order chi connectivity index (χ0) is 14.4. The van der Waals surface area contributed by atoms with E-state index in [1.54, 1.807) is 0 Å². The van der Waals surface area contributed by atoms with Crippen LogP contribution in [0.15, 0.2) is 30.3 Å². The van der Waals surface area contributed by atoms with E-state index in [4.69, 9.17) is 0 Å². The van der Waals surface area contributed by atoms with Gasteiger partial charge in [0, 0.05) is 12.6 Å². The molecule has 1 aromatic rings. The first-order chi connectivity index (χ1) is 9.69. The normalized spacial score (nSPS) is 20.8. The van der Waals surface area contributed by atoms with Crippen LogP contribution in [0, 0.1) is 0 Å². The Kier molecular flexibility index (Phi) is 5.60. The molecule has 1 aliphatic heterocycles. The molecule has 0 saturated carbocycles. The molecule has 0 spiro atoms. The second-order valence-corrected chi connectivity index (χ2v) is 5.89. The minimum Gasteiger partial charge on any atom is -0.353 e. The summed E-state index contributed by atoms with van der Waals surface area (Å²) in [4.78, 5) is 14.2. The average molecular weight is 274 g/mol. The minimum absolute atomic E-state index is 0.166. The third kappa shape index (κ3) is 4.34. The van der Waals surface area contributed by atoms with E-state index in [0.29, 0.717) is 18.5 Å². The van der Waals surface area contributed by atoms with Gasteiger partial charge in [0.2, 0.25) is 5.91 Å². The van der Waals surface area contributed by atoms with Crippen molar-refractivity contribution in [3.8, 4) is 0 Å². The summed E-state index contributed by atoms with van der Waals surface area (Å²) in [6.45, 7) is 6.79. The first-order valence-corrected chi connectivity index (χ1v) is 7.75. The van der Waals surface area contributed by atoms with Crippen molar-refractivity contribution >= 4 is 5.91 Å². The van der Waals surface area contributed by atoms with Crippen LogP contribution in [0.1, 0.15) is 44.6 Å². The zero-order valence-corrected chi connectivity index (χ0v) is 12.6.